The first kappa shape index (κ1) is 25.1. The van der Waals surface area contributed by atoms with Crippen LogP contribution in [0.25, 0.3) is 0 Å². The van der Waals surface area contributed by atoms with E-state index in [1.165, 1.54) is 7.11 Å². The molecule has 11 heteroatoms. The molecule has 7 nitrogen and oxygen atoms in total. The number of ether oxygens (including phenoxy) is 1. The normalized spacial score (nSPS) is 17.2. The summed E-state index contributed by atoms with van der Waals surface area (Å²) in [6.45, 7) is -0.388. The lowest BCUT2D eigenvalue weighted by atomic mass is 10.0. The van der Waals surface area contributed by atoms with Crippen LogP contribution in [0.3, 0.4) is 0 Å². The van der Waals surface area contributed by atoms with Crippen LogP contribution in [0.2, 0.25) is 0 Å². The van der Waals surface area contributed by atoms with E-state index in [0.29, 0.717) is 40.7 Å². The van der Waals surface area contributed by atoms with Crippen molar-refractivity contribution in [3.05, 3.63) is 77.9 Å². The molecule has 0 saturated carbocycles. The fourth-order valence-electron chi connectivity index (χ4n) is 4.35. The molecule has 0 amide bonds. The Morgan fingerprint density at radius 2 is 1.89 bits per heavy atom. The number of halogens is 3. The van der Waals surface area contributed by atoms with Gasteiger partial charge in [0.1, 0.15) is 5.75 Å². The number of imidazole rings is 1. The van der Waals surface area contributed by atoms with Crippen LogP contribution in [0, 0.1) is 0 Å². The monoisotopic (exact) mass is 508 g/mol. The number of benzene rings is 2. The molecule has 2 aromatic carbocycles. The summed E-state index contributed by atoms with van der Waals surface area (Å²) in [5.74, 6) is 0.531. The predicted molar refractivity (Wildman–Crippen MR) is 126 cm³/mol. The third kappa shape index (κ3) is 5.46. The van der Waals surface area contributed by atoms with Crippen molar-refractivity contribution < 1.29 is 26.3 Å². The number of hydrogen-bond donors (Lipinski definition) is 0. The first-order chi connectivity index (χ1) is 16.6. The van der Waals surface area contributed by atoms with E-state index in [9.17, 15) is 21.6 Å². The zero-order chi connectivity index (χ0) is 25.2. The molecule has 0 spiro atoms. The highest BCUT2D eigenvalue weighted by molar-refractivity contribution is 7.89. The lowest BCUT2D eigenvalue weighted by Crippen LogP contribution is -2.47. The molecule has 0 bridgehead atoms. The fourth-order valence-corrected chi connectivity index (χ4v) is 5.32. The van der Waals surface area contributed by atoms with Gasteiger partial charge >= 0.3 is 15.5 Å². The minimum Gasteiger partial charge on any atom is -0.497 e. The number of aromatic nitrogens is 2. The van der Waals surface area contributed by atoms with E-state index in [1.807, 2.05) is 48.5 Å². The number of hydrogen-bond acceptors (Lipinski definition) is 5. The van der Waals surface area contributed by atoms with Crippen molar-refractivity contribution in [1.82, 2.24) is 13.9 Å². The van der Waals surface area contributed by atoms with Crippen molar-refractivity contribution in [2.75, 3.05) is 18.6 Å². The molecule has 0 radical (unpaired) electrons. The molecule has 0 fully saturated rings. The number of alkyl halides is 3. The second-order valence-electron chi connectivity index (χ2n) is 8.57. The maximum absolute atomic E-state index is 13.6. The van der Waals surface area contributed by atoms with E-state index in [-0.39, 0.29) is 13.1 Å². The van der Waals surface area contributed by atoms with Crippen molar-refractivity contribution in [1.29, 1.82) is 0 Å². The Morgan fingerprint density at radius 1 is 1.14 bits per heavy atom. The lowest BCUT2D eigenvalue weighted by molar-refractivity contribution is -0.0492. The predicted octanol–water partition coefficient (Wildman–Crippen LogP) is 4.10. The molecule has 1 atom stereocenters. The Morgan fingerprint density at radius 3 is 2.51 bits per heavy atom. The number of anilines is 1. The summed E-state index contributed by atoms with van der Waals surface area (Å²) in [5, 5.41) is 0. The van der Waals surface area contributed by atoms with Gasteiger partial charge in [-0.3, -0.25) is 0 Å². The molecule has 1 aliphatic heterocycles. The number of methoxy groups -OCH3 is 1. The van der Waals surface area contributed by atoms with Crippen LogP contribution in [0.5, 0.6) is 5.75 Å². The largest absolute Gasteiger partial charge is 0.511 e. The molecule has 3 aromatic rings. The molecule has 4 rings (SSSR count). The molecule has 0 unspecified atom stereocenters. The molecule has 188 valence electrons. The molecular weight excluding hydrogens is 481 g/mol. The van der Waals surface area contributed by atoms with Crippen molar-refractivity contribution in [2.45, 2.75) is 37.5 Å². The summed E-state index contributed by atoms with van der Waals surface area (Å²) in [6.07, 6.45) is 4.50. The smallest absolute Gasteiger partial charge is 0.497 e. The molecule has 35 heavy (non-hydrogen) atoms. The van der Waals surface area contributed by atoms with Gasteiger partial charge in [0, 0.05) is 44.1 Å². The van der Waals surface area contributed by atoms with Gasteiger partial charge in [-0.1, -0.05) is 36.4 Å². The van der Waals surface area contributed by atoms with Crippen LogP contribution >= 0.6 is 0 Å². The van der Waals surface area contributed by atoms with E-state index in [1.54, 1.807) is 29.1 Å². The van der Waals surface area contributed by atoms with Gasteiger partial charge in [0.25, 0.3) is 0 Å². The van der Waals surface area contributed by atoms with Crippen molar-refractivity contribution in [3.63, 3.8) is 0 Å². The van der Waals surface area contributed by atoms with Gasteiger partial charge in [-0.25, -0.2) is 13.4 Å². The van der Waals surface area contributed by atoms with Crippen molar-refractivity contribution >= 4 is 15.7 Å². The number of fused-ring (bicyclic) bond motifs is 1. The third-order valence-electron chi connectivity index (χ3n) is 6.14. The summed E-state index contributed by atoms with van der Waals surface area (Å²) in [5.41, 5.74) is -2.55. The van der Waals surface area contributed by atoms with Crippen LogP contribution in [0.1, 0.15) is 23.2 Å². The van der Waals surface area contributed by atoms with Gasteiger partial charge in [-0.15, -0.1) is 0 Å². The summed E-state index contributed by atoms with van der Waals surface area (Å²) < 4.78 is 73.5. The maximum atomic E-state index is 13.6. The zero-order valence-corrected chi connectivity index (χ0v) is 20.3. The summed E-state index contributed by atoms with van der Waals surface area (Å²) in [6, 6.07) is 14.0. The number of nitrogens with zero attached hydrogens (tertiary/aromatic N) is 4. The maximum Gasteiger partial charge on any atom is 0.511 e. The second kappa shape index (κ2) is 9.90. The van der Waals surface area contributed by atoms with E-state index in [0.717, 1.165) is 11.3 Å². The molecular formula is C24H27F3N4O3S. The van der Waals surface area contributed by atoms with E-state index in [4.69, 9.17) is 4.74 Å². The quantitative estimate of drug-likeness (QED) is 0.481. The van der Waals surface area contributed by atoms with Crippen LogP contribution in [-0.4, -0.2) is 47.5 Å². The minimum absolute atomic E-state index is 0.306. The SMILES string of the molecule is COc1ccc2c(c1)N(Cc1cn(C)cn1)[C@H](CCc1ccccc1)CN(S(=O)(=O)C(F)(F)F)C2. The molecule has 1 aliphatic rings. The standard InChI is InChI=1S/C24H27F3N4O3S/c1-29-14-20(28-17-29)15-31-21(10-8-18-6-4-3-5-7-18)16-30(35(32,33)24(25,26)27)13-19-9-11-22(34-2)12-23(19)31/h3-7,9,11-12,14,17,21H,8,10,13,15-16H2,1-2H3/t21-/m1/s1. The Hall–Kier alpha value is -3.05. The van der Waals surface area contributed by atoms with Gasteiger partial charge in [-0.2, -0.15) is 17.5 Å². The highest BCUT2D eigenvalue weighted by Crippen LogP contribution is 2.37. The average Bonchev–Trinajstić information content (AvgIpc) is 3.17. The molecule has 0 saturated heterocycles. The van der Waals surface area contributed by atoms with E-state index >= 15 is 0 Å². The fraction of sp³-hybridized carbons (Fsp3) is 0.375. The number of rotatable bonds is 7. The first-order valence-corrected chi connectivity index (χ1v) is 12.5. The third-order valence-corrected chi connectivity index (χ3v) is 7.68. The lowest BCUT2D eigenvalue weighted by Gasteiger charge is -2.34. The van der Waals surface area contributed by atoms with Crippen molar-refractivity contribution in [3.8, 4) is 5.75 Å². The summed E-state index contributed by atoms with van der Waals surface area (Å²) in [7, 11) is -2.19. The van der Waals surface area contributed by atoms with Gasteiger partial charge < -0.3 is 14.2 Å². The Balaban J connectivity index is 1.79. The highest BCUT2D eigenvalue weighted by Gasteiger charge is 2.51. The van der Waals surface area contributed by atoms with E-state index in [2.05, 4.69) is 4.98 Å². The topological polar surface area (TPSA) is 67.7 Å². The molecule has 0 N–H and O–H groups in total. The zero-order valence-electron chi connectivity index (χ0n) is 19.4. The van der Waals surface area contributed by atoms with Crippen LogP contribution in [0.15, 0.2) is 61.1 Å². The highest BCUT2D eigenvalue weighted by atomic mass is 32.2. The van der Waals surface area contributed by atoms with E-state index < -0.39 is 21.6 Å². The second-order valence-corrected chi connectivity index (χ2v) is 10.5. The van der Waals surface area contributed by atoms with Gasteiger partial charge in [0.15, 0.2) is 0 Å². The number of aryl methyl sites for hydroxylation is 2. The van der Waals surface area contributed by atoms with Crippen LogP contribution < -0.4 is 9.64 Å². The Bertz CT molecular complexity index is 1260. The summed E-state index contributed by atoms with van der Waals surface area (Å²) >= 11 is 0. The molecule has 2 heterocycles. The minimum atomic E-state index is -5.53. The van der Waals surface area contributed by atoms with Crippen LogP contribution in [0.4, 0.5) is 18.9 Å². The Kier molecular flexibility index (Phi) is 7.09. The average molecular weight is 509 g/mol. The number of sulfonamides is 1. The molecule has 1 aromatic heterocycles. The molecule has 0 aliphatic carbocycles. The summed E-state index contributed by atoms with van der Waals surface area (Å²) in [4.78, 5) is 6.35. The van der Waals surface area contributed by atoms with Gasteiger partial charge in [-0.05, 0) is 30.0 Å². The van der Waals surface area contributed by atoms with Crippen LogP contribution in [-0.2, 0) is 36.6 Å². The van der Waals surface area contributed by atoms with Gasteiger partial charge in [0.2, 0.25) is 0 Å². The van der Waals surface area contributed by atoms with Crippen molar-refractivity contribution in [2.24, 2.45) is 7.05 Å². The first-order valence-electron chi connectivity index (χ1n) is 11.1. The Labute approximate surface area is 202 Å². The van der Waals surface area contributed by atoms with Gasteiger partial charge in [0.05, 0.1) is 25.7 Å².